The lowest BCUT2D eigenvalue weighted by Crippen LogP contribution is -2.29. The summed E-state index contributed by atoms with van der Waals surface area (Å²) in [5.74, 6) is -1.60. The predicted molar refractivity (Wildman–Crippen MR) is 174 cm³/mol. The van der Waals surface area contributed by atoms with Crippen LogP contribution in [0.5, 0.6) is 0 Å². The zero-order valence-corrected chi connectivity index (χ0v) is 25.9. The van der Waals surface area contributed by atoms with Crippen molar-refractivity contribution in [1.82, 2.24) is 4.90 Å². The Bertz CT molecular complexity index is 1500. The third kappa shape index (κ3) is 8.49. The quantitative estimate of drug-likeness (QED) is 0.121. The number of ether oxygens (including phenoxy) is 1. The van der Waals surface area contributed by atoms with Crippen LogP contribution in [-0.4, -0.2) is 48.3 Å². The van der Waals surface area contributed by atoms with Gasteiger partial charge < -0.3 is 15.4 Å². The first kappa shape index (κ1) is 33.4. The molecule has 4 aromatic rings. The maximum Gasteiger partial charge on any atom is 0.346 e. The van der Waals surface area contributed by atoms with E-state index in [2.05, 4.69) is 30.4 Å². The second-order valence-corrected chi connectivity index (χ2v) is 10.1. The number of hydrogen-bond acceptors (Lipinski definition) is 7. The molecule has 0 aromatic heterocycles. The summed E-state index contributed by atoms with van der Waals surface area (Å²) in [6.45, 7) is 14.1. The molecule has 0 atom stereocenters. The van der Waals surface area contributed by atoms with Crippen molar-refractivity contribution >= 4 is 35.1 Å². The van der Waals surface area contributed by atoms with Crippen molar-refractivity contribution in [1.29, 1.82) is 0 Å². The number of hydrogen-bond donors (Lipinski definition) is 1. The van der Waals surface area contributed by atoms with Crippen molar-refractivity contribution in [3.63, 3.8) is 0 Å². The molecule has 2 heterocycles. The van der Waals surface area contributed by atoms with Crippen molar-refractivity contribution in [3.8, 4) is 0 Å². The highest BCUT2D eigenvalue weighted by Gasteiger charge is 2.36. The summed E-state index contributed by atoms with van der Waals surface area (Å²) in [4.78, 5) is 49.7. The summed E-state index contributed by atoms with van der Waals surface area (Å²) in [5.41, 5.74) is 10.9. The number of esters is 2. The molecule has 228 valence electrons. The number of anilines is 2. The molecule has 0 aliphatic carbocycles. The largest absolute Gasteiger partial charge is 0.399 e. The molecule has 2 amide bonds. The van der Waals surface area contributed by atoms with E-state index in [4.69, 9.17) is 5.73 Å². The summed E-state index contributed by atoms with van der Waals surface area (Å²) in [5, 5.41) is 0. The molecule has 0 unspecified atom stereocenters. The summed E-state index contributed by atoms with van der Waals surface area (Å²) < 4.78 is 4.35. The Morgan fingerprint density at radius 2 is 0.932 bits per heavy atom. The smallest absolute Gasteiger partial charge is 0.346 e. The molecule has 2 aliphatic rings. The molecule has 0 radical (unpaired) electrons. The van der Waals surface area contributed by atoms with E-state index in [0.717, 1.165) is 11.3 Å². The van der Waals surface area contributed by atoms with Crippen LogP contribution >= 0.6 is 0 Å². The lowest BCUT2D eigenvalue weighted by molar-refractivity contribution is 0.0443. The van der Waals surface area contributed by atoms with E-state index in [0.29, 0.717) is 27.9 Å². The summed E-state index contributed by atoms with van der Waals surface area (Å²) in [6, 6.07) is 28.6. The van der Waals surface area contributed by atoms with Gasteiger partial charge in [-0.25, -0.2) is 14.5 Å². The summed E-state index contributed by atoms with van der Waals surface area (Å²) in [6.07, 6.45) is 0. The highest BCUT2D eigenvalue weighted by atomic mass is 16.6. The fourth-order valence-electron chi connectivity index (χ4n) is 4.39. The van der Waals surface area contributed by atoms with E-state index in [-0.39, 0.29) is 11.8 Å². The number of fused-ring (bicyclic) bond motifs is 2. The Morgan fingerprint density at radius 3 is 1.27 bits per heavy atom. The van der Waals surface area contributed by atoms with Gasteiger partial charge in [0.15, 0.2) is 0 Å². The van der Waals surface area contributed by atoms with E-state index in [1.54, 1.807) is 60.7 Å². The monoisotopic (exact) mass is 593 g/mol. The van der Waals surface area contributed by atoms with Gasteiger partial charge in [-0.3, -0.25) is 9.59 Å². The highest BCUT2D eigenvalue weighted by Crippen LogP contribution is 2.28. The summed E-state index contributed by atoms with van der Waals surface area (Å²) in [7, 11) is 0. The number of nitrogens with zero attached hydrogens (tertiary/aromatic N) is 2. The molecular formula is C36H39N3O5. The van der Waals surface area contributed by atoms with E-state index in [1.165, 1.54) is 30.1 Å². The van der Waals surface area contributed by atoms with Gasteiger partial charge in [0, 0.05) is 5.69 Å². The Morgan fingerprint density at radius 1 is 0.568 bits per heavy atom. The van der Waals surface area contributed by atoms with Crippen LogP contribution in [0, 0.1) is 13.8 Å². The molecule has 2 aliphatic heterocycles. The van der Waals surface area contributed by atoms with E-state index >= 15 is 0 Å². The standard InChI is InChI=1S/C15H11NO2.C8H4O3.C7H9N.C6H15N/c1-10-6-8-11(9-7-10)16-14(17)12-4-2-3-5-13(12)15(16)18;9-7-5-3-1-2-4-6(5)8(10)11-7;1-6-2-4-7(8)5-3-6;1-4-7(5-2)6-3/h2-9H,1H3;1-4H;2-5H,8H2,1H3;4-6H2,1-3H3. The topological polar surface area (TPSA) is 110 Å². The molecule has 8 nitrogen and oxygen atoms in total. The van der Waals surface area contributed by atoms with Gasteiger partial charge in [0.25, 0.3) is 11.8 Å². The van der Waals surface area contributed by atoms with Crippen LogP contribution in [0.3, 0.4) is 0 Å². The van der Waals surface area contributed by atoms with Crippen LogP contribution in [-0.2, 0) is 4.74 Å². The lowest BCUT2D eigenvalue weighted by atomic mass is 10.1. The Balaban J connectivity index is 0.000000174. The molecule has 6 rings (SSSR count). The molecule has 44 heavy (non-hydrogen) atoms. The normalized spacial score (nSPS) is 12.6. The zero-order valence-electron chi connectivity index (χ0n) is 25.9. The van der Waals surface area contributed by atoms with E-state index < -0.39 is 11.9 Å². The average molecular weight is 594 g/mol. The second kappa shape index (κ2) is 16.0. The molecule has 8 heteroatoms. The number of rotatable bonds is 4. The maximum absolute atomic E-state index is 12.2. The molecule has 0 saturated heterocycles. The predicted octanol–water partition coefficient (Wildman–Crippen LogP) is 6.72. The Hall–Kier alpha value is -5.08. The Kier molecular flexibility index (Phi) is 12.1. The minimum atomic E-state index is -0.550. The van der Waals surface area contributed by atoms with E-state index in [9.17, 15) is 19.2 Å². The van der Waals surface area contributed by atoms with Gasteiger partial charge in [-0.05, 0) is 82.0 Å². The number of cyclic esters (lactones) is 2. The zero-order chi connectivity index (χ0) is 32.2. The van der Waals surface area contributed by atoms with Crippen LogP contribution < -0.4 is 10.6 Å². The molecule has 0 spiro atoms. The number of benzene rings is 4. The molecular weight excluding hydrogens is 554 g/mol. The van der Waals surface area contributed by atoms with E-state index in [1.807, 2.05) is 50.2 Å². The number of aryl methyl sites for hydroxylation is 2. The fraction of sp³-hybridized carbons (Fsp3) is 0.222. The number of carbonyl (C=O) groups is 4. The second-order valence-electron chi connectivity index (χ2n) is 10.1. The molecule has 0 bridgehead atoms. The minimum absolute atomic E-state index is 0.251. The van der Waals surface area contributed by atoms with Crippen LogP contribution in [0.4, 0.5) is 11.4 Å². The first-order valence-corrected chi connectivity index (χ1v) is 14.6. The SMILES string of the molecule is CCN(CC)CC.Cc1ccc(N)cc1.Cc1ccc(N2C(=O)c3ccccc3C2=O)cc1.O=C1OC(=O)c2ccccc21. The maximum atomic E-state index is 12.2. The molecule has 0 fully saturated rings. The Labute approximate surface area is 259 Å². The number of nitrogens with two attached hydrogens (primary N) is 1. The highest BCUT2D eigenvalue weighted by molar-refractivity contribution is 6.34. The van der Waals surface area contributed by atoms with Crippen molar-refractivity contribution in [2.45, 2.75) is 34.6 Å². The van der Waals surface area contributed by atoms with Gasteiger partial charge in [0.05, 0.1) is 27.9 Å². The van der Waals surface area contributed by atoms with Gasteiger partial charge in [0.2, 0.25) is 0 Å². The van der Waals surface area contributed by atoms with Crippen molar-refractivity contribution in [2.24, 2.45) is 0 Å². The van der Waals surface area contributed by atoms with Gasteiger partial charge >= 0.3 is 11.9 Å². The molecule has 2 N–H and O–H groups in total. The lowest BCUT2D eigenvalue weighted by Gasteiger charge is -2.13. The van der Waals surface area contributed by atoms with Gasteiger partial charge in [-0.1, -0.05) is 80.4 Å². The number of carbonyl (C=O) groups excluding carboxylic acids is 4. The van der Waals surface area contributed by atoms with Crippen LogP contribution in [0.1, 0.15) is 73.3 Å². The van der Waals surface area contributed by atoms with Crippen LogP contribution in [0.25, 0.3) is 0 Å². The van der Waals surface area contributed by atoms with Crippen LogP contribution in [0.2, 0.25) is 0 Å². The van der Waals surface area contributed by atoms with Gasteiger partial charge in [-0.15, -0.1) is 0 Å². The third-order valence-corrected chi connectivity index (χ3v) is 7.06. The number of nitrogen functional groups attached to an aromatic ring is 1. The molecule has 0 saturated carbocycles. The number of imide groups is 1. The first-order valence-electron chi connectivity index (χ1n) is 14.6. The number of amides is 2. The fourth-order valence-corrected chi connectivity index (χ4v) is 4.39. The minimum Gasteiger partial charge on any atom is -0.399 e. The van der Waals surface area contributed by atoms with Crippen LogP contribution in [0.15, 0.2) is 97.1 Å². The van der Waals surface area contributed by atoms with Crippen molar-refractivity contribution < 1.29 is 23.9 Å². The van der Waals surface area contributed by atoms with Gasteiger partial charge in [-0.2, -0.15) is 0 Å². The van der Waals surface area contributed by atoms with Crippen molar-refractivity contribution in [3.05, 3.63) is 130 Å². The average Bonchev–Trinajstić information content (AvgIpc) is 3.48. The van der Waals surface area contributed by atoms with Crippen molar-refractivity contribution in [2.75, 3.05) is 30.3 Å². The summed E-state index contributed by atoms with van der Waals surface area (Å²) >= 11 is 0. The van der Waals surface area contributed by atoms with Gasteiger partial charge in [0.1, 0.15) is 0 Å². The molecule has 4 aromatic carbocycles. The third-order valence-electron chi connectivity index (χ3n) is 7.06. The first-order chi connectivity index (χ1) is 21.1.